The van der Waals surface area contributed by atoms with Crippen molar-refractivity contribution in [3.8, 4) is 0 Å². The zero-order valence-corrected chi connectivity index (χ0v) is 10.3. The van der Waals surface area contributed by atoms with Crippen molar-refractivity contribution in [2.75, 3.05) is 13.1 Å². The lowest BCUT2D eigenvalue weighted by molar-refractivity contribution is -0.125. The van der Waals surface area contributed by atoms with Gasteiger partial charge in [-0.15, -0.1) is 10.2 Å². The summed E-state index contributed by atoms with van der Waals surface area (Å²) >= 11 is 0. The summed E-state index contributed by atoms with van der Waals surface area (Å²) in [7, 11) is 0. The van der Waals surface area contributed by atoms with Crippen molar-refractivity contribution < 1.29 is 4.79 Å². The van der Waals surface area contributed by atoms with Crippen molar-refractivity contribution in [3.05, 3.63) is 12.2 Å². The Hall–Kier alpha value is -1.43. The Bertz CT molecular complexity index is 389. The fraction of sp³-hybridized carbons (Fsp3) is 0.727. The van der Waals surface area contributed by atoms with Gasteiger partial charge in [-0.3, -0.25) is 4.79 Å². The number of hydrogen-bond acceptors (Lipinski definition) is 4. The molecule has 2 N–H and O–H groups in total. The van der Waals surface area contributed by atoms with Crippen LogP contribution in [0.5, 0.6) is 0 Å². The van der Waals surface area contributed by atoms with E-state index in [1.54, 1.807) is 6.33 Å². The molecule has 2 atom stereocenters. The summed E-state index contributed by atoms with van der Waals surface area (Å²) in [6.45, 7) is 7.09. The van der Waals surface area contributed by atoms with Gasteiger partial charge in [-0.2, -0.15) is 0 Å². The van der Waals surface area contributed by atoms with Crippen LogP contribution in [-0.2, 0) is 17.9 Å². The molecule has 1 aliphatic rings. The molecule has 0 aliphatic carbocycles. The molecule has 1 saturated heterocycles. The Morgan fingerprint density at radius 2 is 2.47 bits per heavy atom. The predicted molar refractivity (Wildman–Crippen MR) is 63.1 cm³/mol. The molecule has 6 nitrogen and oxygen atoms in total. The summed E-state index contributed by atoms with van der Waals surface area (Å²) in [6.07, 6.45) is 1.68. The summed E-state index contributed by atoms with van der Waals surface area (Å²) in [5, 5.41) is 14.0. The summed E-state index contributed by atoms with van der Waals surface area (Å²) < 4.78 is 1.93. The molecule has 1 fully saturated rings. The average molecular weight is 237 g/mol. The molecule has 0 radical (unpaired) electrons. The van der Waals surface area contributed by atoms with Gasteiger partial charge in [-0.25, -0.2) is 0 Å². The first-order chi connectivity index (χ1) is 8.22. The number of hydrogen-bond donors (Lipinski definition) is 2. The minimum atomic E-state index is 0.0768. The Morgan fingerprint density at radius 3 is 3.12 bits per heavy atom. The number of aryl methyl sites for hydroxylation is 1. The summed E-state index contributed by atoms with van der Waals surface area (Å²) in [5.74, 6) is 1.39. The molecule has 0 aromatic carbocycles. The van der Waals surface area contributed by atoms with E-state index in [9.17, 15) is 4.79 Å². The van der Waals surface area contributed by atoms with Crippen molar-refractivity contribution in [3.63, 3.8) is 0 Å². The lowest BCUT2D eigenvalue weighted by Crippen LogP contribution is -2.34. The van der Waals surface area contributed by atoms with Crippen LogP contribution in [0.1, 0.15) is 19.7 Å². The first-order valence-electron chi connectivity index (χ1n) is 6.07. The number of carbonyl (C=O) groups is 1. The third kappa shape index (κ3) is 2.63. The zero-order chi connectivity index (χ0) is 12.3. The van der Waals surface area contributed by atoms with Gasteiger partial charge in [-0.05, 0) is 19.4 Å². The second-order valence-electron chi connectivity index (χ2n) is 4.49. The smallest absolute Gasteiger partial charge is 0.225 e. The summed E-state index contributed by atoms with van der Waals surface area (Å²) in [5.41, 5.74) is 0. The van der Waals surface area contributed by atoms with E-state index in [2.05, 4.69) is 27.8 Å². The Labute approximate surface area is 101 Å². The normalized spacial score (nSPS) is 23.9. The highest BCUT2D eigenvalue weighted by Gasteiger charge is 2.29. The van der Waals surface area contributed by atoms with Crippen LogP contribution in [0.2, 0.25) is 0 Å². The third-order valence-electron chi connectivity index (χ3n) is 3.31. The Kier molecular flexibility index (Phi) is 3.73. The van der Waals surface area contributed by atoms with E-state index < -0.39 is 0 Å². The standard InChI is InChI=1S/C11H19N5O/c1-3-16-7-14-15-10(16)6-13-11(17)9-5-12-4-8(9)2/h7-9,12H,3-6H2,1-2H3,(H,13,17)/t8-,9-/m1/s1. The monoisotopic (exact) mass is 237 g/mol. The van der Waals surface area contributed by atoms with Crippen LogP contribution in [0.3, 0.4) is 0 Å². The molecule has 0 bridgehead atoms. The third-order valence-corrected chi connectivity index (χ3v) is 3.31. The fourth-order valence-electron chi connectivity index (χ4n) is 2.14. The first-order valence-corrected chi connectivity index (χ1v) is 6.07. The minimum absolute atomic E-state index is 0.0768. The van der Waals surface area contributed by atoms with Crippen LogP contribution in [0.15, 0.2) is 6.33 Å². The molecule has 2 rings (SSSR count). The maximum absolute atomic E-state index is 11.9. The van der Waals surface area contributed by atoms with E-state index in [1.807, 2.05) is 11.5 Å². The number of aromatic nitrogens is 3. The molecule has 1 aromatic heterocycles. The van der Waals surface area contributed by atoms with Crippen molar-refractivity contribution in [2.24, 2.45) is 11.8 Å². The second kappa shape index (κ2) is 5.27. The molecule has 6 heteroatoms. The number of nitrogens with one attached hydrogen (secondary N) is 2. The van der Waals surface area contributed by atoms with Gasteiger partial charge in [0, 0.05) is 13.1 Å². The maximum atomic E-state index is 11.9. The van der Waals surface area contributed by atoms with Crippen LogP contribution in [0.4, 0.5) is 0 Å². The maximum Gasteiger partial charge on any atom is 0.225 e. The molecule has 2 heterocycles. The van der Waals surface area contributed by atoms with Crippen LogP contribution >= 0.6 is 0 Å². The van der Waals surface area contributed by atoms with Crippen LogP contribution in [-0.4, -0.2) is 33.8 Å². The molecule has 0 unspecified atom stereocenters. The number of carbonyl (C=O) groups excluding carboxylic acids is 1. The first kappa shape index (κ1) is 12.0. The van der Waals surface area contributed by atoms with Gasteiger partial charge >= 0.3 is 0 Å². The van der Waals surface area contributed by atoms with E-state index in [4.69, 9.17) is 0 Å². The molecule has 1 amide bonds. The van der Waals surface area contributed by atoms with Gasteiger partial charge in [0.2, 0.25) is 5.91 Å². The highest BCUT2D eigenvalue weighted by molar-refractivity contribution is 5.79. The van der Waals surface area contributed by atoms with Gasteiger partial charge in [0.25, 0.3) is 0 Å². The van der Waals surface area contributed by atoms with Gasteiger partial charge in [0.15, 0.2) is 5.82 Å². The zero-order valence-electron chi connectivity index (χ0n) is 10.3. The topological polar surface area (TPSA) is 71.8 Å². The number of nitrogens with zero attached hydrogens (tertiary/aromatic N) is 3. The van der Waals surface area contributed by atoms with Gasteiger partial charge in [0.1, 0.15) is 6.33 Å². The summed E-state index contributed by atoms with van der Waals surface area (Å²) in [4.78, 5) is 11.9. The second-order valence-corrected chi connectivity index (χ2v) is 4.49. The van der Waals surface area contributed by atoms with Crippen molar-refractivity contribution in [1.29, 1.82) is 0 Å². The lowest BCUT2D eigenvalue weighted by atomic mass is 9.97. The Balaban J connectivity index is 1.88. The van der Waals surface area contributed by atoms with E-state index in [1.165, 1.54) is 0 Å². The molecule has 1 aromatic rings. The summed E-state index contributed by atoms with van der Waals surface area (Å²) in [6, 6.07) is 0. The molecule has 17 heavy (non-hydrogen) atoms. The van der Waals surface area contributed by atoms with Crippen LogP contribution < -0.4 is 10.6 Å². The minimum Gasteiger partial charge on any atom is -0.349 e. The quantitative estimate of drug-likeness (QED) is 0.759. The number of amides is 1. The van der Waals surface area contributed by atoms with Crippen molar-refractivity contribution in [2.45, 2.75) is 26.9 Å². The Morgan fingerprint density at radius 1 is 1.65 bits per heavy atom. The molecular formula is C11H19N5O. The van der Waals surface area contributed by atoms with Gasteiger partial charge in [-0.1, -0.05) is 6.92 Å². The SMILES string of the molecule is CCn1cnnc1CNC(=O)[C@@H]1CNC[C@H]1C. The molecule has 1 aliphatic heterocycles. The van der Waals surface area contributed by atoms with Crippen molar-refractivity contribution >= 4 is 5.91 Å². The molecule has 94 valence electrons. The fourth-order valence-corrected chi connectivity index (χ4v) is 2.14. The van der Waals surface area contributed by atoms with Gasteiger partial charge in [0.05, 0.1) is 12.5 Å². The van der Waals surface area contributed by atoms with E-state index in [0.29, 0.717) is 12.5 Å². The van der Waals surface area contributed by atoms with E-state index in [0.717, 1.165) is 25.5 Å². The van der Waals surface area contributed by atoms with Crippen molar-refractivity contribution in [1.82, 2.24) is 25.4 Å². The highest BCUT2D eigenvalue weighted by atomic mass is 16.1. The molecular weight excluding hydrogens is 218 g/mol. The van der Waals surface area contributed by atoms with Gasteiger partial charge < -0.3 is 15.2 Å². The average Bonchev–Trinajstić information content (AvgIpc) is 2.94. The molecule has 0 spiro atoms. The lowest BCUT2D eigenvalue weighted by Gasteiger charge is -2.13. The highest BCUT2D eigenvalue weighted by Crippen LogP contribution is 2.15. The van der Waals surface area contributed by atoms with Crippen LogP contribution in [0, 0.1) is 11.8 Å². The van der Waals surface area contributed by atoms with Crippen LogP contribution in [0.25, 0.3) is 0 Å². The van der Waals surface area contributed by atoms with E-state index in [-0.39, 0.29) is 11.8 Å². The predicted octanol–water partition coefficient (Wildman–Crippen LogP) is -0.230. The number of rotatable bonds is 4. The molecule has 0 saturated carbocycles. The van der Waals surface area contributed by atoms with E-state index >= 15 is 0 Å². The largest absolute Gasteiger partial charge is 0.349 e.